The average molecular weight is 282 g/mol. The van der Waals surface area contributed by atoms with E-state index in [1.54, 1.807) is 0 Å². The number of aryl methyl sites for hydroxylation is 2. The van der Waals surface area contributed by atoms with Crippen molar-refractivity contribution in [1.82, 2.24) is 9.88 Å². The van der Waals surface area contributed by atoms with Crippen LogP contribution in [0.5, 0.6) is 0 Å². The molecule has 4 heteroatoms. The highest BCUT2D eigenvalue weighted by atomic mass is 15.3. The van der Waals surface area contributed by atoms with Crippen LogP contribution in [0.1, 0.15) is 36.1 Å². The molecule has 2 fully saturated rings. The van der Waals surface area contributed by atoms with Gasteiger partial charge < -0.3 is 9.80 Å². The second-order valence-corrected chi connectivity index (χ2v) is 6.79. The molecule has 3 heterocycles. The molecule has 21 heavy (non-hydrogen) atoms. The lowest BCUT2D eigenvalue weighted by Crippen LogP contribution is -2.32. The van der Waals surface area contributed by atoms with Gasteiger partial charge in [0.05, 0.1) is 5.56 Å². The standard InChI is InChI=1S/C17H22N4/c1-20-7-6-13-10-21(11-16(13)20)17-14(9-18)8-12-4-2-3-5-15(12)19-17/h8,13,16H,2-7,10-11H2,1H3/t13-,16+/m0/s1. The summed E-state index contributed by atoms with van der Waals surface area (Å²) in [5, 5.41) is 9.51. The second-order valence-electron chi connectivity index (χ2n) is 6.79. The van der Waals surface area contributed by atoms with Crippen LogP contribution in [0.25, 0.3) is 0 Å². The van der Waals surface area contributed by atoms with E-state index in [1.807, 2.05) is 0 Å². The lowest BCUT2D eigenvalue weighted by molar-refractivity contribution is 0.310. The van der Waals surface area contributed by atoms with E-state index < -0.39 is 0 Å². The first-order valence-electron chi connectivity index (χ1n) is 8.14. The highest BCUT2D eigenvalue weighted by molar-refractivity contribution is 5.57. The zero-order valence-electron chi connectivity index (χ0n) is 12.7. The summed E-state index contributed by atoms with van der Waals surface area (Å²) in [4.78, 5) is 9.73. The van der Waals surface area contributed by atoms with Crippen LogP contribution in [0.2, 0.25) is 0 Å². The van der Waals surface area contributed by atoms with E-state index in [9.17, 15) is 5.26 Å². The number of hydrogen-bond acceptors (Lipinski definition) is 4. The highest BCUT2D eigenvalue weighted by Gasteiger charge is 2.40. The van der Waals surface area contributed by atoms with Crippen LogP contribution in [0, 0.1) is 17.2 Å². The third-order valence-corrected chi connectivity index (χ3v) is 5.53. The molecule has 0 saturated carbocycles. The molecule has 3 aliphatic rings. The summed E-state index contributed by atoms with van der Waals surface area (Å²) < 4.78 is 0. The van der Waals surface area contributed by atoms with E-state index in [-0.39, 0.29) is 0 Å². The number of likely N-dealkylation sites (N-methyl/N-ethyl adjacent to an activating group) is 1. The summed E-state index contributed by atoms with van der Waals surface area (Å²) in [5.74, 6) is 1.69. The van der Waals surface area contributed by atoms with Gasteiger partial charge in [0.2, 0.25) is 0 Å². The maximum absolute atomic E-state index is 9.51. The van der Waals surface area contributed by atoms with Gasteiger partial charge in [0.25, 0.3) is 0 Å². The molecule has 0 N–H and O–H groups in total. The van der Waals surface area contributed by atoms with Crippen molar-refractivity contribution in [2.24, 2.45) is 5.92 Å². The summed E-state index contributed by atoms with van der Waals surface area (Å²) in [6.07, 6.45) is 5.92. The maximum Gasteiger partial charge on any atom is 0.146 e. The van der Waals surface area contributed by atoms with E-state index in [2.05, 4.69) is 29.0 Å². The molecule has 0 aromatic carbocycles. The van der Waals surface area contributed by atoms with Crippen LogP contribution in [0.4, 0.5) is 5.82 Å². The minimum Gasteiger partial charge on any atom is -0.354 e. The van der Waals surface area contributed by atoms with Gasteiger partial charge in [-0.3, -0.25) is 0 Å². The molecular weight excluding hydrogens is 260 g/mol. The zero-order chi connectivity index (χ0) is 14.4. The molecule has 2 aliphatic heterocycles. The van der Waals surface area contributed by atoms with Gasteiger partial charge in [0.1, 0.15) is 11.9 Å². The Morgan fingerprint density at radius 2 is 2.14 bits per heavy atom. The number of hydrogen-bond donors (Lipinski definition) is 0. The van der Waals surface area contributed by atoms with Crippen molar-refractivity contribution in [2.45, 2.75) is 38.1 Å². The Morgan fingerprint density at radius 3 is 2.95 bits per heavy atom. The maximum atomic E-state index is 9.51. The van der Waals surface area contributed by atoms with Gasteiger partial charge in [-0.05, 0) is 63.2 Å². The minimum atomic E-state index is 0.648. The van der Waals surface area contributed by atoms with Gasteiger partial charge in [-0.1, -0.05) is 0 Å². The Hall–Kier alpha value is -1.60. The van der Waals surface area contributed by atoms with E-state index in [1.165, 1.54) is 37.1 Å². The first-order chi connectivity index (χ1) is 10.3. The molecule has 0 spiro atoms. The number of anilines is 1. The van der Waals surface area contributed by atoms with Crippen LogP contribution in [0.15, 0.2) is 6.07 Å². The summed E-state index contributed by atoms with van der Waals surface area (Å²) in [7, 11) is 2.22. The first-order valence-corrected chi connectivity index (χ1v) is 8.14. The van der Waals surface area contributed by atoms with Gasteiger partial charge in [0.15, 0.2) is 0 Å². The number of fused-ring (bicyclic) bond motifs is 2. The Bertz CT molecular complexity index is 604. The van der Waals surface area contributed by atoms with Crippen molar-refractivity contribution < 1.29 is 0 Å². The molecule has 1 aromatic heterocycles. The number of rotatable bonds is 1. The van der Waals surface area contributed by atoms with Crippen LogP contribution in [-0.4, -0.2) is 42.6 Å². The van der Waals surface area contributed by atoms with Crippen LogP contribution in [0.3, 0.4) is 0 Å². The fraction of sp³-hybridized carbons (Fsp3) is 0.647. The summed E-state index contributed by atoms with van der Waals surface area (Å²) in [6.45, 7) is 3.31. The number of aromatic nitrogens is 1. The Morgan fingerprint density at radius 1 is 1.29 bits per heavy atom. The molecule has 1 aliphatic carbocycles. The normalized spacial score (nSPS) is 28.3. The van der Waals surface area contributed by atoms with Crippen LogP contribution < -0.4 is 4.90 Å². The Balaban J connectivity index is 1.67. The van der Waals surface area contributed by atoms with E-state index in [0.29, 0.717) is 6.04 Å². The monoisotopic (exact) mass is 282 g/mol. The highest BCUT2D eigenvalue weighted by Crippen LogP contribution is 2.35. The van der Waals surface area contributed by atoms with Crippen molar-refractivity contribution in [3.05, 3.63) is 22.9 Å². The van der Waals surface area contributed by atoms with E-state index in [0.717, 1.165) is 43.2 Å². The lowest BCUT2D eigenvalue weighted by atomic mass is 9.95. The fourth-order valence-electron chi connectivity index (χ4n) is 4.29. The molecule has 0 amide bonds. The van der Waals surface area contributed by atoms with E-state index in [4.69, 9.17) is 4.98 Å². The molecule has 0 unspecified atom stereocenters. The third kappa shape index (κ3) is 2.11. The SMILES string of the molecule is CN1CC[C@H]2CN(c3nc4c(cc3C#N)CCCC4)C[C@H]21. The fourth-order valence-corrected chi connectivity index (χ4v) is 4.29. The lowest BCUT2D eigenvalue weighted by Gasteiger charge is -2.24. The molecule has 4 rings (SSSR count). The number of pyridine rings is 1. The molecule has 0 radical (unpaired) electrons. The number of likely N-dealkylation sites (tertiary alicyclic amines) is 1. The van der Waals surface area contributed by atoms with Crippen molar-refractivity contribution >= 4 is 5.82 Å². The molecule has 110 valence electrons. The van der Waals surface area contributed by atoms with Gasteiger partial charge in [-0.15, -0.1) is 0 Å². The zero-order valence-corrected chi connectivity index (χ0v) is 12.7. The van der Waals surface area contributed by atoms with Gasteiger partial charge >= 0.3 is 0 Å². The molecule has 2 saturated heterocycles. The first kappa shape index (κ1) is 13.1. The minimum absolute atomic E-state index is 0.648. The Labute approximate surface area is 126 Å². The van der Waals surface area contributed by atoms with Crippen LogP contribution in [-0.2, 0) is 12.8 Å². The van der Waals surface area contributed by atoms with Gasteiger partial charge in [-0.25, -0.2) is 4.98 Å². The second kappa shape index (κ2) is 4.99. The van der Waals surface area contributed by atoms with Crippen molar-refractivity contribution in [3.8, 4) is 6.07 Å². The molecule has 0 bridgehead atoms. The van der Waals surface area contributed by atoms with Crippen LogP contribution >= 0.6 is 0 Å². The summed E-state index contributed by atoms with van der Waals surface area (Å²) >= 11 is 0. The Kier molecular flexibility index (Phi) is 3.11. The smallest absolute Gasteiger partial charge is 0.146 e. The van der Waals surface area contributed by atoms with Crippen molar-refractivity contribution in [1.29, 1.82) is 5.26 Å². The number of nitriles is 1. The largest absolute Gasteiger partial charge is 0.354 e. The third-order valence-electron chi connectivity index (χ3n) is 5.53. The van der Waals surface area contributed by atoms with E-state index >= 15 is 0 Å². The molecule has 2 atom stereocenters. The predicted molar refractivity (Wildman–Crippen MR) is 82.3 cm³/mol. The van der Waals surface area contributed by atoms with Gasteiger partial charge in [-0.2, -0.15) is 5.26 Å². The average Bonchev–Trinajstić information content (AvgIpc) is 3.08. The predicted octanol–water partition coefficient (Wildman–Crippen LogP) is 1.97. The summed E-state index contributed by atoms with van der Waals surface area (Å²) in [6, 6.07) is 5.14. The van der Waals surface area contributed by atoms with Crippen molar-refractivity contribution in [2.75, 3.05) is 31.6 Å². The van der Waals surface area contributed by atoms with Crippen molar-refractivity contribution in [3.63, 3.8) is 0 Å². The molecule has 1 aromatic rings. The molecule has 4 nitrogen and oxygen atoms in total. The van der Waals surface area contributed by atoms with Gasteiger partial charge in [0, 0.05) is 24.8 Å². The number of nitrogens with zero attached hydrogens (tertiary/aromatic N) is 4. The summed E-state index contributed by atoms with van der Waals surface area (Å²) in [5.41, 5.74) is 3.32. The topological polar surface area (TPSA) is 43.2 Å². The molecular formula is C17H22N4. The quantitative estimate of drug-likeness (QED) is 0.790.